The highest BCUT2D eigenvalue weighted by molar-refractivity contribution is 5.81. The molecule has 0 aromatic carbocycles. The summed E-state index contributed by atoms with van der Waals surface area (Å²) in [6.45, 7) is 8.27. The maximum Gasteiger partial charge on any atom is 0.223 e. The molecule has 3 atom stereocenters. The Morgan fingerprint density at radius 3 is 2.56 bits per heavy atom. The van der Waals surface area contributed by atoms with Gasteiger partial charge in [-0.2, -0.15) is 0 Å². The largest absolute Gasteiger partial charge is 0.396 e. The van der Waals surface area contributed by atoms with E-state index in [1.165, 1.54) is 0 Å². The number of guanidine groups is 1. The molecule has 156 valence electrons. The Balaban J connectivity index is 1.87. The second kappa shape index (κ2) is 11.5. The van der Waals surface area contributed by atoms with E-state index >= 15 is 0 Å². The molecule has 0 radical (unpaired) electrons. The second-order valence-corrected chi connectivity index (χ2v) is 8.72. The summed E-state index contributed by atoms with van der Waals surface area (Å²) in [6, 6.07) is 0.738. The summed E-state index contributed by atoms with van der Waals surface area (Å²) in [5.41, 5.74) is 0. The highest BCUT2D eigenvalue weighted by Gasteiger charge is 2.31. The van der Waals surface area contributed by atoms with E-state index in [0.717, 1.165) is 70.4 Å². The molecule has 0 spiro atoms. The molecule has 3 unspecified atom stereocenters. The summed E-state index contributed by atoms with van der Waals surface area (Å²) in [4.78, 5) is 17.2. The lowest BCUT2D eigenvalue weighted by Gasteiger charge is -2.30. The molecule has 1 amide bonds. The van der Waals surface area contributed by atoms with Crippen molar-refractivity contribution in [1.82, 2.24) is 16.0 Å². The van der Waals surface area contributed by atoms with Crippen LogP contribution in [0.5, 0.6) is 0 Å². The monoisotopic (exact) mass is 380 g/mol. The van der Waals surface area contributed by atoms with Gasteiger partial charge in [0.05, 0.1) is 0 Å². The van der Waals surface area contributed by atoms with E-state index in [9.17, 15) is 9.90 Å². The van der Waals surface area contributed by atoms with Gasteiger partial charge in [0.25, 0.3) is 0 Å². The van der Waals surface area contributed by atoms with Gasteiger partial charge in [-0.05, 0) is 63.7 Å². The van der Waals surface area contributed by atoms with Crippen LogP contribution in [0.1, 0.15) is 72.1 Å². The van der Waals surface area contributed by atoms with Gasteiger partial charge in [-0.3, -0.25) is 9.79 Å². The number of carbonyl (C=O) groups is 1. The molecule has 0 heterocycles. The zero-order valence-electron chi connectivity index (χ0n) is 17.5. The minimum atomic E-state index is 0.128. The Hall–Kier alpha value is -1.30. The number of nitrogens with zero attached hydrogens (tertiary/aromatic N) is 1. The number of aliphatic hydroxyl groups excluding tert-OH is 1. The van der Waals surface area contributed by atoms with Crippen molar-refractivity contribution in [3.05, 3.63) is 0 Å². The second-order valence-electron chi connectivity index (χ2n) is 8.72. The minimum Gasteiger partial charge on any atom is -0.396 e. The number of hydrogen-bond acceptors (Lipinski definition) is 3. The third-order valence-corrected chi connectivity index (χ3v) is 5.50. The average Bonchev–Trinajstić information content (AvgIpc) is 3.43. The van der Waals surface area contributed by atoms with Gasteiger partial charge in [-0.1, -0.05) is 20.3 Å². The molecular formula is C21H40N4O2. The van der Waals surface area contributed by atoms with E-state index in [1.807, 2.05) is 0 Å². The molecule has 2 rings (SSSR count). The van der Waals surface area contributed by atoms with Crippen LogP contribution in [-0.2, 0) is 4.79 Å². The molecule has 2 aliphatic rings. The van der Waals surface area contributed by atoms with Gasteiger partial charge >= 0.3 is 0 Å². The van der Waals surface area contributed by atoms with Crippen molar-refractivity contribution in [2.45, 2.75) is 84.2 Å². The fourth-order valence-corrected chi connectivity index (χ4v) is 3.97. The van der Waals surface area contributed by atoms with Crippen LogP contribution in [0.2, 0.25) is 0 Å². The Bertz CT molecular complexity index is 477. The van der Waals surface area contributed by atoms with Crippen LogP contribution in [-0.4, -0.2) is 48.8 Å². The summed E-state index contributed by atoms with van der Waals surface area (Å²) in [6.07, 6.45) is 8.21. The summed E-state index contributed by atoms with van der Waals surface area (Å²) >= 11 is 0. The topological polar surface area (TPSA) is 85.8 Å². The minimum absolute atomic E-state index is 0.128. The van der Waals surface area contributed by atoms with Crippen molar-refractivity contribution in [3.8, 4) is 0 Å². The third-order valence-electron chi connectivity index (χ3n) is 5.50. The van der Waals surface area contributed by atoms with Crippen LogP contribution in [0.25, 0.3) is 0 Å². The summed E-state index contributed by atoms with van der Waals surface area (Å²) in [5, 5.41) is 19.4. The number of nitrogens with one attached hydrogen (secondary N) is 3. The summed E-state index contributed by atoms with van der Waals surface area (Å²) < 4.78 is 0. The molecule has 2 fully saturated rings. The molecule has 6 nitrogen and oxygen atoms in total. The van der Waals surface area contributed by atoms with Crippen molar-refractivity contribution in [1.29, 1.82) is 0 Å². The van der Waals surface area contributed by atoms with Crippen molar-refractivity contribution in [2.24, 2.45) is 22.7 Å². The summed E-state index contributed by atoms with van der Waals surface area (Å²) in [5.74, 6) is 2.23. The molecule has 0 aromatic heterocycles. The molecular weight excluding hydrogens is 340 g/mol. The first-order valence-corrected chi connectivity index (χ1v) is 11.0. The molecule has 2 saturated carbocycles. The first kappa shape index (κ1) is 22.0. The zero-order chi connectivity index (χ0) is 19.6. The standard InChI is InChI=1S/C21H40N4O2/c1-4-22-21(23-14-16(10-11-26)12-15(2)3)25-19-7-5-6-17(13-19)20(27)24-18-8-9-18/h15-19,26H,4-14H2,1-3H3,(H,24,27)(H2,22,23,25). The smallest absolute Gasteiger partial charge is 0.223 e. The van der Waals surface area contributed by atoms with Gasteiger partial charge in [0.2, 0.25) is 5.91 Å². The quantitative estimate of drug-likeness (QED) is 0.346. The first-order chi connectivity index (χ1) is 13.0. The number of aliphatic imine (C=N–C) groups is 1. The molecule has 2 aliphatic carbocycles. The molecule has 27 heavy (non-hydrogen) atoms. The van der Waals surface area contributed by atoms with Gasteiger partial charge < -0.3 is 21.1 Å². The number of amides is 1. The van der Waals surface area contributed by atoms with E-state index in [4.69, 9.17) is 4.99 Å². The molecule has 0 aromatic rings. The maximum absolute atomic E-state index is 12.4. The fourth-order valence-electron chi connectivity index (χ4n) is 3.97. The van der Waals surface area contributed by atoms with Crippen molar-refractivity contribution < 1.29 is 9.90 Å². The van der Waals surface area contributed by atoms with E-state index in [1.54, 1.807) is 0 Å². The molecule has 0 saturated heterocycles. The molecule has 6 heteroatoms. The van der Waals surface area contributed by atoms with Gasteiger partial charge in [0, 0.05) is 37.7 Å². The van der Waals surface area contributed by atoms with E-state index < -0.39 is 0 Å². The Morgan fingerprint density at radius 1 is 1.15 bits per heavy atom. The van der Waals surface area contributed by atoms with Crippen LogP contribution < -0.4 is 16.0 Å². The highest BCUT2D eigenvalue weighted by atomic mass is 16.3. The Labute approximate surface area is 165 Å². The van der Waals surface area contributed by atoms with Gasteiger partial charge in [-0.25, -0.2) is 0 Å². The maximum atomic E-state index is 12.4. The van der Waals surface area contributed by atoms with Crippen LogP contribution in [0.4, 0.5) is 0 Å². The van der Waals surface area contributed by atoms with E-state index in [2.05, 4.69) is 36.7 Å². The van der Waals surface area contributed by atoms with E-state index in [0.29, 0.717) is 23.9 Å². The Kier molecular flexibility index (Phi) is 9.39. The Morgan fingerprint density at radius 2 is 1.93 bits per heavy atom. The zero-order valence-corrected chi connectivity index (χ0v) is 17.5. The predicted molar refractivity (Wildman–Crippen MR) is 111 cm³/mol. The SMILES string of the molecule is CCNC(=NCC(CCO)CC(C)C)NC1CCCC(C(=O)NC2CC2)C1. The lowest BCUT2D eigenvalue weighted by atomic mass is 9.85. The van der Waals surface area contributed by atoms with Gasteiger partial charge in [0.1, 0.15) is 0 Å². The van der Waals surface area contributed by atoms with Crippen LogP contribution >= 0.6 is 0 Å². The number of carbonyl (C=O) groups excluding carboxylic acids is 1. The fraction of sp³-hybridized carbons (Fsp3) is 0.905. The van der Waals surface area contributed by atoms with Crippen molar-refractivity contribution in [2.75, 3.05) is 19.7 Å². The molecule has 0 bridgehead atoms. The van der Waals surface area contributed by atoms with Crippen LogP contribution in [0.3, 0.4) is 0 Å². The van der Waals surface area contributed by atoms with Gasteiger partial charge in [0.15, 0.2) is 5.96 Å². The number of rotatable bonds is 10. The first-order valence-electron chi connectivity index (χ1n) is 11.0. The molecule has 4 N–H and O–H groups in total. The average molecular weight is 381 g/mol. The highest BCUT2D eigenvalue weighted by Crippen LogP contribution is 2.26. The number of hydrogen-bond donors (Lipinski definition) is 4. The lowest BCUT2D eigenvalue weighted by Crippen LogP contribution is -2.47. The van der Waals surface area contributed by atoms with Crippen LogP contribution in [0.15, 0.2) is 4.99 Å². The van der Waals surface area contributed by atoms with Crippen molar-refractivity contribution in [3.63, 3.8) is 0 Å². The predicted octanol–water partition coefficient (Wildman–Crippen LogP) is 2.42. The lowest BCUT2D eigenvalue weighted by molar-refractivity contribution is -0.126. The van der Waals surface area contributed by atoms with Gasteiger partial charge in [-0.15, -0.1) is 0 Å². The molecule has 0 aliphatic heterocycles. The van der Waals surface area contributed by atoms with Crippen molar-refractivity contribution >= 4 is 11.9 Å². The number of aliphatic hydroxyl groups is 1. The third kappa shape index (κ3) is 8.50. The normalized spacial score (nSPS) is 24.6. The van der Waals surface area contributed by atoms with E-state index in [-0.39, 0.29) is 18.4 Å². The van der Waals surface area contributed by atoms with Crippen LogP contribution in [0, 0.1) is 17.8 Å². The summed E-state index contributed by atoms with van der Waals surface area (Å²) in [7, 11) is 0.